The molecule has 0 saturated carbocycles. The van der Waals surface area contributed by atoms with Crippen molar-refractivity contribution in [2.45, 2.75) is 0 Å². The van der Waals surface area contributed by atoms with E-state index in [4.69, 9.17) is 0 Å². The third-order valence-electron chi connectivity index (χ3n) is 3.91. The number of pyridine rings is 1. The highest BCUT2D eigenvalue weighted by Crippen LogP contribution is 2.26. The van der Waals surface area contributed by atoms with Gasteiger partial charge in [0.2, 0.25) is 0 Å². The Morgan fingerprint density at radius 3 is 2.88 bits per heavy atom. The summed E-state index contributed by atoms with van der Waals surface area (Å²) in [4.78, 5) is 19.1. The first kappa shape index (κ1) is 14.1. The van der Waals surface area contributed by atoms with Gasteiger partial charge in [0.15, 0.2) is 0 Å². The number of benzene rings is 2. The van der Waals surface area contributed by atoms with E-state index in [0.717, 1.165) is 21.9 Å². The molecule has 2 heterocycles. The van der Waals surface area contributed by atoms with Gasteiger partial charge in [-0.25, -0.2) is 5.43 Å². The van der Waals surface area contributed by atoms with Crippen molar-refractivity contribution in [2.75, 3.05) is 0 Å². The number of nitrogens with zero attached hydrogens (tertiary/aromatic N) is 2. The van der Waals surface area contributed by atoms with Gasteiger partial charge >= 0.3 is 0 Å². The number of amides is 1. The Kier molecular flexibility index (Phi) is 3.51. The number of rotatable bonds is 3. The van der Waals surface area contributed by atoms with Crippen molar-refractivity contribution in [3.63, 3.8) is 0 Å². The molecule has 0 radical (unpaired) electrons. The molecule has 0 spiro atoms. The SMILES string of the molecule is O=C(N/N=C/c1c[nH]c2c1ccc1ccccc12)c1cccnc1. The lowest BCUT2D eigenvalue weighted by Crippen LogP contribution is -2.17. The summed E-state index contributed by atoms with van der Waals surface area (Å²) in [6.07, 6.45) is 6.65. The summed E-state index contributed by atoms with van der Waals surface area (Å²) >= 11 is 0. The van der Waals surface area contributed by atoms with Gasteiger partial charge in [0.1, 0.15) is 0 Å². The molecule has 5 heteroatoms. The maximum Gasteiger partial charge on any atom is 0.272 e. The summed E-state index contributed by atoms with van der Waals surface area (Å²) in [5, 5.41) is 7.45. The monoisotopic (exact) mass is 314 g/mol. The summed E-state index contributed by atoms with van der Waals surface area (Å²) in [6, 6.07) is 15.7. The zero-order chi connectivity index (χ0) is 16.4. The molecule has 0 atom stereocenters. The number of nitrogens with one attached hydrogen (secondary N) is 2. The number of hydrogen-bond donors (Lipinski definition) is 2. The van der Waals surface area contributed by atoms with Crippen LogP contribution in [0.15, 0.2) is 72.2 Å². The van der Waals surface area contributed by atoms with Gasteiger partial charge in [-0.15, -0.1) is 0 Å². The molecule has 4 rings (SSSR count). The first-order chi connectivity index (χ1) is 11.8. The van der Waals surface area contributed by atoms with Crippen LogP contribution in [0.1, 0.15) is 15.9 Å². The Hall–Kier alpha value is -3.47. The Balaban J connectivity index is 1.61. The maximum atomic E-state index is 11.9. The van der Waals surface area contributed by atoms with Crippen LogP contribution in [-0.4, -0.2) is 22.1 Å². The van der Waals surface area contributed by atoms with Crippen molar-refractivity contribution in [3.05, 3.63) is 78.2 Å². The lowest BCUT2D eigenvalue weighted by atomic mass is 10.1. The lowest BCUT2D eigenvalue weighted by molar-refractivity contribution is 0.0955. The fourth-order valence-electron chi connectivity index (χ4n) is 2.72. The van der Waals surface area contributed by atoms with E-state index in [-0.39, 0.29) is 5.91 Å². The van der Waals surface area contributed by atoms with Crippen LogP contribution in [0.25, 0.3) is 21.7 Å². The van der Waals surface area contributed by atoms with Gasteiger partial charge in [0.25, 0.3) is 5.91 Å². The molecule has 0 fully saturated rings. The molecule has 116 valence electrons. The Bertz CT molecular complexity index is 1050. The third kappa shape index (κ3) is 2.52. The van der Waals surface area contributed by atoms with E-state index in [9.17, 15) is 4.79 Å². The molecule has 2 aromatic carbocycles. The van der Waals surface area contributed by atoms with Crippen molar-refractivity contribution in [2.24, 2.45) is 5.10 Å². The van der Waals surface area contributed by atoms with Crippen LogP contribution in [0.3, 0.4) is 0 Å². The Morgan fingerprint density at radius 1 is 1.08 bits per heavy atom. The summed E-state index contributed by atoms with van der Waals surface area (Å²) < 4.78 is 0. The van der Waals surface area contributed by atoms with Crippen LogP contribution < -0.4 is 5.43 Å². The summed E-state index contributed by atoms with van der Waals surface area (Å²) in [5.74, 6) is -0.287. The second kappa shape index (κ2) is 5.96. The van der Waals surface area contributed by atoms with Crippen LogP contribution in [0.4, 0.5) is 0 Å². The molecule has 0 bridgehead atoms. The second-order valence-corrected chi connectivity index (χ2v) is 5.39. The minimum absolute atomic E-state index is 0.287. The van der Waals surface area contributed by atoms with Gasteiger partial charge in [-0.1, -0.05) is 36.4 Å². The van der Waals surface area contributed by atoms with Crippen LogP contribution in [-0.2, 0) is 0 Å². The molecule has 2 aromatic heterocycles. The Morgan fingerprint density at radius 2 is 2.00 bits per heavy atom. The minimum atomic E-state index is -0.287. The molecule has 0 aliphatic rings. The van der Waals surface area contributed by atoms with Crippen LogP contribution >= 0.6 is 0 Å². The van der Waals surface area contributed by atoms with E-state index >= 15 is 0 Å². The van der Waals surface area contributed by atoms with Gasteiger partial charge in [-0.05, 0) is 17.5 Å². The fraction of sp³-hybridized carbons (Fsp3) is 0. The van der Waals surface area contributed by atoms with E-state index < -0.39 is 0 Å². The van der Waals surface area contributed by atoms with Gasteiger partial charge in [0.05, 0.1) is 17.3 Å². The zero-order valence-electron chi connectivity index (χ0n) is 12.7. The summed E-state index contributed by atoms with van der Waals surface area (Å²) in [7, 11) is 0. The van der Waals surface area contributed by atoms with Crippen LogP contribution in [0, 0.1) is 0 Å². The molecule has 1 amide bonds. The Labute approximate surface area is 138 Å². The summed E-state index contributed by atoms with van der Waals surface area (Å²) in [5.41, 5.74) is 4.97. The molecule has 5 nitrogen and oxygen atoms in total. The molecule has 0 aliphatic carbocycles. The summed E-state index contributed by atoms with van der Waals surface area (Å²) in [6.45, 7) is 0. The predicted molar refractivity (Wildman–Crippen MR) is 95.1 cm³/mol. The quantitative estimate of drug-likeness (QED) is 0.449. The van der Waals surface area contributed by atoms with Gasteiger partial charge in [0, 0.05) is 34.9 Å². The number of aromatic nitrogens is 2. The van der Waals surface area contributed by atoms with Gasteiger partial charge in [-0.3, -0.25) is 9.78 Å². The number of H-pyrrole nitrogens is 1. The van der Waals surface area contributed by atoms with Crippen LogP contribution in [0.2, 0.25) is 0 Å². The molecule has 0 aliphatic heterocycles. The van der Waals surface area contributed by atoms with Crippen molar-refractivity contribution < 1.29 is 4.79 Å². The molecular weight excluding hydrogens is 300 g/mol. The molecular formula is C19H14N4O. The number of hydrogen-bond acceptors (Lipinski definition) is 3. The number of fused-ring (bicyclic) bond motifs is 3. The largest absolute Gasteiger partial charge is 0.360 e. The van der Waals surface area contributed by atoms with Crippen molar-refractivity contribution in [3.8, 4) is 0 Å². The van der Waals surface area contributed by atoms with E-state index in [1.807, 2.05) is 18.3 Å². The highest BCUT2D eigenvalue weighted by Gasteiger charge is 2.06. The number of hydrazone groups is 1. The first-order valence-corrected chi connectivity index (χ1v) is 7.55. The van der Waals surface area contributed by atoms with Crippen molar-refractivity contribution in [1.29, 1.82) is 0 Å². The number of carbonyl (C=O) groups excluding carboxylic acids is 1. The molecule has 24 heavy (non-hydrogen) atoms. The highest BCUT2D eigenvalue weighted by molar-refractivity contribution is 6.11. The normalized spacial score (nSPS) is 11.3. The molecule has 0 saturated heterocycles. The smallest absolute Gasteiger partial charge is 0.272 e. The predicted octanol–water partition coefficient (Wildman–Crippen LogP) is 3.48. The van der Waals surface area contributed by atoms with E-state index in [0.29, 0.717) is 5.56 Å². The third-order valence-corrected chi connectivity index (χ3v) is 3.91. The average molecular weight is 314 g/mol. The molecule has 4 aromatic rings. The highest BCUT2D eigenvalue weighted by atomic mass is 16.2. The number of carbonyl (C=O) groups is 1. The van der Waals surface area contributed by atoms with E-state index in [1.165, 1.54) is 11.6 Å². The van der Waals surface area contributed by atoms with E-state index in [2.05, 4.69) is 44.8 Å². The van der Waals surface area contributed by atoms with Gasteiger partial charge < -0.3 is 4.98 Å². The standard InChI is InChI=1S/C19H14N4O/c24-19(14-5-3-9-20-10-14)23-22-12-15-11-21-18-16-6-2-1-4-13(16)7-8-17(15)18/h1-12,21H,(H,23,24)/b22-12+. The second-order valence-electron chi connectivity index (χ2n) is 5.39. The lowest BCUT2D eigenvalue weighted by Gasteiger charge is -2.00. The molecule has 2 N–H and O–H groups in total. The number of aromatic amines is 1. The topological polar surface area (TPSA) is 70.1 Å². The zero-order valence-corrected chi connectivity index (χ0v) is 12.7. The first-order valence-electron chi connectivity index (χ1n) is 7.55. The fourth-order valence-corrected chi connectivity index (χ4v) is 2.72. The van der Waals surface area contributed by atoms with Gasteiger partial charge in [-0.2, -0.15) is 5.10 Å². The van der Waals surface area contributed by atoms with E-state index in [1.54, 1.807) is 24.5 Å². The minimum Gasteiger partial charge on any atom is -0.360 e. The molecule has 0 unspecified atom stereocenters. The maximum absolute atomic E-state index is 11.9. The average Bonchev–Trinajstić information content (AvgIpc) is 3.06. The van der Waals surface area contributed by atoms with Crippen molar-refractivity contribution >= 4 is 33.8 Å². The van der Waals surface area contributed by atoms with Crippen LogP contribution in [0.5, 0.6) is 0 Å². The van der Waals surface area contributed by atoms with Crippen molar-refractivity contribution in [1.82, 2.24) is 15.4 Å².